The molecule has 1 fully saturated rings. The summed E-state index contributed by atoms with van der Waals surface area (Å²) in [5.41, 5.74) is 10.0. The van der Waals surface area contributed by atoms with Crippen LogP contribution in [0.1, 0.15) is 73.6 Å². The number of carbonyl (C=O) groups excluding carboxylic acids is 3. The second kappa shape index (κ2) is 11.5. The molecule has 0 spiro atoms. The number of hydrogen-bond acceptors (Lipinski definition) is 7. The number of aldehydes is 1. The maximum atomic E-state index is 13.4. The molecule has 2 aromatic rings. The first-order valence-corrected chi connectivity index (χ1v) is 13.6. The molecular formula is C29H39N7O3. The van der Waals surface area contributed by atoms with Crippen LogP contribution in [0.4, 0.5) is 5.69 Å². The zero-order valence-electron chi connectivity index (χ0n) is 23.3. The Bertz CT molecular complexity index is 1290. The molecule has 1 atom stereocenters. The van der Waals surface area contributed by atoms with Crippen molar-refractivity contribution in [2.75, 3.05) is 25.9 Å². The van der Waals surface area contributed by atoms with Crippen molar-refractivity contribution in [3.8, 4) is 11.3 Å². The number of likely N-dealkylation sites (tertiary alicyclic amines) is 1. The van der Waals surface area contributed by atoms with Gasteiger partial charge in [-0.2, -0.15) is 0 Å². The molecule has 2 aliphatic heterocycles. The van der Waals surface area contributed by atoms with E-state index in [1.165, 1.54) is 7.05 Å². The van der Waals surface area contributed by atoms with E-state index in [9.17, 15) is 14.4 Å². The maximum Gasteiger partial charge on any atom is 0.255 e. The average molecular weight is 534 g/mol. The van der Waals surface area contributed by atoms with Crippen LogP contribution in [0.25, 0.3) is 11.3 Å². The zero-order chi connectivity index (χ0) is 28.3. The predicted octanol–water partition coefficient (Wildman–Crippen LogP) is 2.69. The Morgan fingerprint density at radius 1 is 1.26 bits per heavy atom. The number of nitrogen functional groups attached to an aromatic ring is 1. The fourth-order valence-corrected chi connectivity index (χ4v) is 5.47. The maximum absolute atomic E-state index is 13.4. The van der Waals surface area contributed by atoms with Crippen LogP contribution in [0.3, 0.4) is 0 Å². The number of pyridine rings is 1. The molecule has 0 aliphatic carbocycles. The minimum Gasteiger partial charge on any atom is -0.397 e. The number of fused-ring (bicyclic) bond motifs is 1. The van der Waals surface area contributed by atoms with E-state index in [1.54, 1.807) is 17.9 Å². The summed E-state index contributed by atoms with van der Waals surface area (Å²) in [7, 11) is 1.53. The number of aromatic nitrogens is 1. The lowest BCUT2D eigenvalue weighted by molar-refractivity contribution is -0.131. The normalized spacial score (nSPS) is 16.7. The summed E-state index contributed by atoms with van der Waals surface area (Å²) < 4.78 is 0. The molecule has 1 aromatic carbocycles. The van der Waals surface area contributed by atoms with E-state index >= 15 is 0 Å². The van der Waals surface area contributed by atoms with Crippen molar-refractivity contribution >= 4 is 29.6 Å². The fourth-order valence-electron chi connectivity index (χ4n) is 5.47. The summed E-state index contributed by atoms with van der Waals surface area (Å²) in [5, 5.41) is 14.4. The Balaban J connectivity index is 1.72. The number of nitrogens with two attached hydrogens (primary N) is 1. The van der Waals surface area contributed by atoms with Crippen molar-refractivity contribution in [3.63, 3.8) is 0 Å². The van der Waals surface area contributed by atoms with Crippen molar-refractivity contribution in [2.24, 2.45) is 0 Å². The molecule has 208 valence electrons. The number of hydrogen-bond donors (Lipinski definition) is 4. The lowest BCUT2D eigenvalue weighted by atomic mass is 9.92. The number of nitrogens with one attached hydrogen (secondary N) is 3. The number of likely N-dealkylation sites (N-methyl/N-ethyl adjacent to an activating group) is 1. The second-order valence-corrected chi connectivity index (χ2v) is 10.9. The molecule has 5 N–H and O–H groups in total. The average Bonchev–Trinajstić information content (AvgIpc) is 3.55. The fraction of sp³-hybridized carbons (Fsp3) is 0.483. The van der Waals surface area contributed by atoms with E-state index in [-0.39, 0.29) is 43.1 Å². The molecule has 1 aromatic heterocycles. The summed E-state index contributed by atoms with van der Waals surface area (Å²) in [6, 6.07) is 7.58. The van der Waals surface area contributed by atoms with Gasteiger partial charge in [-0.15, -0.1) is 0 Å². The van der Waals surface area contributed by atoms with E-state index in [1.807, 2.05) is 32.0 Å². The van der Waals surface area contributed by atoms with Crippen molar-refractivity contribution in [1.29, 1.82) is 5.41 Å². The number of nitrogens with zero attached hydrogens (tertiary/aromatic N) is 3. The molecule has 1 unspecified atom stereocenters. The number of benzene rings is 1. The van der Waals surface area contributed by atoms with Gasteiger partial charge < -0.3 is 26.1 Å². The van der Waals surface area contributed by atoms with Gasteiger partial charge in [-0.05, 0) is 82.4 Å². The topological polar surface area (TPSA) is 145 Å². The largest absolute Gasteiger partial charge is 0.397 e. The predicted molar refractivity (Wildman–Crippen MR) is 151 cm³/mol. The Kier molecular flexibility index (Phi) is 8.34. The third-order valence-corrected chi connectivity index (χ3v) is 7.67. The van der Waals surface area contributed by atoms with Gasteiger partial charge in [0.15, 0.2) is 0 Å². The van der Waals surface area contributed by atoms with Gasteiger partial charge in [0.25, 0.3) is 5.91 Å². The number of carbonyl (C=O) groups is 3. The number of amides is 2. The summed E-state index contributed by atoms with van der Waals surface area (Å²) in [4.78, 5) is 46.0. The van der Waals surface area contributed by atoms with E-state index in [0.29, 0.717) is 29.2 Å². The molecule has 4 rings (SSSR count). The van der Waals surface area contributed by atoms with Crippen molar-refractivity contribution in [1.82, 2.24) is 25.4 Å². The molecule has 10 heteroatoms. The van der Waals surface area contributed by atoms with Crippen LogP contribution >= 0.6 is 0 Å². The smallest absolute Gasteiger partial charge is 0.255 e. The quantitative estimate of drug-likeness (QED) is 0.209. The molecule has 0 radical (unpaired) electrons. The van der Waals surface area contributed by atoms with Gasteiger partial charge in [-0.1, -0.05) is 6.07 Å². The SMILES string of the molecule is CNC(=O)C(C)(CCC=O)N1Cc2cc(-c3cc(CN4CCCC4)c(N)c(C(=N)NC(C)C)n3)ccc2C1=O. The van der Waals surface area contributed by atoms with Gasteiger partial charge in [0, 0.05) is 43.7 Å². The third kappa shape index (κ3) is 5.66. The van der Waals surface area contributed by atoms with Crippen LogP contribution in [0, 0.1) is 5.41 Å². The zero-order valence-corrected chi connectivity index (χ0v) is 23.3. The van der Waals surface area contributed by atoms with Crippen LogP contribution in [0.2, 0.25) is 0 Å². The van der Waals surface area contributed by atoms with E-state index in [0.717, 1.165) is 48.9 Å². The molecule has 0 saturated carbocycles. The minimum atomic E-state index is -1.15. The highest BCUT2D eigenvalue weighted by atomic mass is 16.2. The molecule has 10 nitrogen and oxygen atoms in total. The molecule has 3 heterocycles. The van der Waals surface area contributed by atoms with Crippen LogP contribution in [-0.4, -0.2) is 70.4 Å². The first kappa shape index (κ1) is 28.2. The summed E-state index contributed by atoms with van der Waals surface area (Å²) >= 11 is 0. The molecular weight excluding hydrogens is 494 g/mol. The van der Waals surface area contributed by atoms with Gasteiger partial charge in [-0.3, -0.25) is 19.9 Å². The van der Waals surface area contributed by atoms with Gasteiger partial charge in [0.05, 0.1) is 11.4 Å². The highest BCUT2D eigenvalue weighted by Gasteiger charge is 2.45. The molecule has 39 heavy (non-hydrogen) atoms. The molecule has 1 saturated heterocycles. The number of amidine groups is 1. The Morgan fingerprint density at radius 3 is 2.62 bits per heavy atom. The number of rotatable bonds is 10. The van der Waals surface area contributed by atoms with Crippen LogP contribution < -0.4 is 16.4 Å². The third-order valence-electron chi connectivity index (χ3n) is 7.67. The van der Waals surface area contributed by atoms with E-state index < -0.39 is 5.54 Å². The van der Waals surface area contributed by atoms with E-state index in [4.69, 9.17) is 16.1 Å². The Hall–Kier alpha value is -3.79. The minimum absolute atomic E-state index is 0.0511. The first-order valence-electron chi connectivity index (χ1n) is 13.6. The summed E-state index contributed by atoms with van der Waals surface area (Å²) in [5.74, 6) is -0.374. The lowest BCUT2D eigenvalue weighted by Crippen LogP contribution is -2.56. The number of anilines is 1. The second-order valence-electron chi connectivity index (χ2n) is 10.9. The molecule has 2 amide bonds. The van der Waals surface area contributed by atoms with Gasteiger partial charge >= 0.3 is 0 Å². The molecule has 0 bridgehead atoms. The lowest BCUT2D eigenvalue weighted by Gasteiger charge is -2.36. The summed E-state index contributed by atoms with van der Waals surface area (Å²) in [6.07, 6.45) is 3.49. The van der Waals surface area contributed by atoms with E-state index in [2.05, 4.69) is 15.5 Å². The van der Waals surface area contributed by atoms with Gasteiger partial charge in [0.2, 0.25) is 5.91 Å². The Labute approximate surface area is 229 Å². The van der Waals surface area contributed by atoms with Crippen molar-refractivity contribution < 1.29 is 14.4 Å². The van der Waals surface area contributed by atoms with Crippen molar-refractivity contribution in [2.45, 2.75) is 71.1 Å². The van der Waals surface area contributed by atoms with Gasteiger partial charge in [-0.25, -0.2) is 4.98 Å². The highest BCUT2D eigenvalue weighted by molar-refractivity contribution is 6.03. The first-order chi connectivity index (χ1) is 18.6. The summed E-state index contributed by atoms with van der Waals surface area (Å²) in [6.45, 7) is 8.58. The standard InChI is InChI=1S/C29H39N7O3/c1-18(2)33-26(31)25-24(30)21(16-35-11-5-6-12-35)15-23(34-25)19-8-9-22-20(14-19)17-36(27(22)38)29(3,10-7-13-37)28(39)32-4/h8-9,13-15,18H,5-7,10-12,16-17,30H2,1-4H3,(H2,31,33)(H,32,39). The molecule has 2 aliphatic rings. The monoisotopic (exact) mass is 533 g/mol. The van der Waals surface area contributed by atoms with Crippen LogP contribution in [0.5, 0.6) is 0 Å². The van der Waals surface area contributed by atoms with Crippen LogP contribution in [-0.2, 0) is 22.7 Å². The van der Waals surface area contributed by atoms with Crippen LogP contribution in [0.15, 0.2) is 24.3 Å². The Morgan fingerprint density at radius 2 is 1.97 bits per heavy atom. The van der Waals surface area contributed by atoms with Crippen molar-refractivity contribution in [3.05, 3.63) is 46.6 Å². The van der Waals surface area contributed by atoms with Gasteiger partial charge in [0.1, 0.15) is 23.4 Å². The highest BCUT2D eigenvalue weighted by Crippen LogP contribution is 2.35.